The predicted molar refractivity (Wildman–Crippen MR) is 121 cm³/mol. The van der Waals surface area contributed by atoms with Gasteiger partial charge in [-0.15, -0.1) is 0 Å². The van der Waals surface area contributed by atoms with Crippen molar-refractivity contribution in [2.24, 2.45) is 5.92 Å². The highest BCUT2D eigenvalue weighted by Gasteiger charge is 2.22. The van der Waals surface area contributed by atoms with Crippen LogP contribution in [0.2, 0.25) is 0 Å². The lowest BCUT2D eigenvalue weighted by Crippen LogP contribution is -2.34. The molecule has 0 aliphatic carbocycles. The molecule has 1 heterocycles. The summed E-state index contributed by atoms with van der Waals surface area (Å²) in [6.45, 7) is 6.76. The minimum atomic E-state index is 0.115. The molecule has 1 aliphatic rings. The molecule has 1 atom stereocenters. The maximum absolute atomic E-state index is 10.0. The van der Waals surface area contributed by atoms with Crippen molar-refractivity contribution in [2.75, 3.05) is 41.6 Å². The number of rotatable bonds is 6. The number of hydrogen-bond acceptors (Lipinski definition) is 6. The van der Waals surface area contributed by atoms with E-state index >= 15 is 0 Å². The first-order chi connectivity index (χ1) is 13.4. The van der Waals surface area contributed by atoms with Crippen LogP contribution in [0.5, 0.6) is 0 Å². The van der Waals surface area contributed by atoms with Crippen molar-refractivity contribution < 1.29 is 5.21 Å². The molecule has 1 N–H and O–H groups in total. The van der Waals surface area contributed by atoms with E-state index in [2.05, 4.69) is 43.0 Å². The van der Waals surface area contributed by atoms with Gasteiger partial charge in [0.05, 0.1) is 11.7 Å². The number of piperidine rings is 1. The van der Waals surface area contributed by atoms with Gasteiger partial charge in [0.15, 0.2) is 0 Å². The molecule has 6 heteroatoms. The lowest BCUT2D eigenvalue weighted by Gasteiger charge is -2.36. The first-order valence-electron chi connectivity index (χ1n) is 9.96. The van der Waals surface area contributed by atoms with E-state index in [1.165, 1.54) is 24.1 Å². The highest BCUT2D eigenvalue weighted by molar-refractivity contribution is 7.81. The van der Waals surface area contributed by atoms with Gasteiger partial charge in [-0.3, -0.25) is 5.21 Å². The Balaban J connectivity index is 1.79. The van der Waals surface area contributed by atoms with Gasteiger partial charge in [0.1, 0.15) is 0 Å². The van der Waals surface area contributed by atoms with Crippen LogP contribution in [-0.2, 0) is 0 Å². The molecular formula is C22H32N4OS. The molecule has 5 nitrogen and oxygen atoms in total. The van der Waals surface area contributed by atoms with E-state index in [0.717, 1.165) is 29.9 Å². The van der Waals surface area contributed by atoms with Gasteiger partial charge < -0.3 is 9.21 Å². The fourth-order valence-electron chi connectivity index (χ4n) is 3.70. The molecule has 3 rings (SSSR count). The fraction of sp³-hybridized carbons (Fsp3) is 0.455. The Morgan fingerprint density at radius 1 is 1.00 bits per heavy atom. The Morgan fingerprint density at radius 2 is 1.57 bits per heavy atom. The minimum absolute atomic E-state index is 0.115. The highest BCUT2D eigenvalue weighted by Crippen LogP contribution is 2.36. The van der Waals surface area contributed by atoms with Crippen molar-refractivity contribution in [3.8, 4) is 0 Å². The minimum Gasteiger partial charge on any atom is -0.371 e. The van der Waals surface area contributed by atoms with E-state index in [4.69, 9.17) is 12.8 Å². The molecule has 1 fully saturated rings. The number of hydrazine groups is 1. The second kappa shape index (κ2) is 9.07. The molecule has 1 aliphatic heterocycles. The zero-order chi connectivity index (χ0) is 20.3. The van der Waals surface area contributed by atoms with Crippen molar-refractivity contribution in [1.29, 1.82) is 0 Å². The molecule has 1 saturated heterocycles. The quantitative estimate of drug-likeness (QED) is 0.526. The number of nitrogens with zero attached hydrogens (tertiary/aromatic N) is 4. The summed E-state index contributed by atoms with van der Waals surface area (Å²) in [7, 11) is 3.58. The van der Waals surface area contributed by atoms with Crippen LogP contribution in [0.1, 0.15) is 38.3 Å². The number of anilines is 3. The summed E-state index contributed by atoms with van der Waals surface area (Å²) in [4.78, 5) is 2.51. The van der Waals surface area contributed by atoms with Crippen LogP contribution in [0.25, 0.3) is 0 Å². The molecular weight excluding hydrogens is 368 g/mol. The topological polar surface area (TPSA) is 33.2 Å². The predicted octanol–water partition coefficient (Wildman–Crippen LogP) is 5.01. The van der Waals surface area contributed by atoms with E-state index in [1.807, 2.05) is 28.6 Å². The Bertz CT molecular complexity index is 759. The van der Waals surface area contributed by atoms with Crippen molar-refractivity contribution in [3.05, 3.63) is 54.1 Å². The maximum atomic E-state index is 10.0. The van der Waals surface area contributed by atoms with E-state index in [9.17, 15) is 5.21 Å². The van der Waals surface area contributed by atoms with Crippen LogP contribution >= 0.6 is 12.8 Å². The standard InChI is InChI=1S/C22H32N4OS/c1-17-13-15-24(16-14-17)22-8-6-5-7-21(22)18(2)25(28)19-9-11-20(12-10-19)26(27)23(3)4/h5-12,17-18,27-28H,13-16H2,1-4H3. The molecule has 0 spiro atoms. The second-order valence-electron chi connectivity index (χ2n) is 7.90. The third kappa shape index (κ3) is 4.57. The van der Waals surface area contributed by atoms with Crippen LogP contribution in [-0.4, -0.2) is 37.4 Å². The number of thiol groups is 1. The van der Waals surface area contributed by atoms with Gasteiger partial charge in [0, 0.05) is 38.6 Å². The number of hydrogen-bond donors (Lipinski definition) is 2. The third-order valence-corrected chi connectivity index (χ3v) is 6.18. The molecule has 0 radical (unpaired) electrons. The summed E-state index contributed by atoms with van der Waals surface area (Å²) in [6, 6.07) is 16.5. The first-order valence-corrected chi connectivity index (χ1v) is 10.4. The van der Waals surface area contributed by atoms with E-state index in [1.54, 1.807) is 19.1 Å². The Morgan fingerprint density at radius 3 is 2.18 bits per heavy atom. The van der Waals surface area contributed by atoms with Crippen LogP contribution in [0.3, 0.4) is 0 Å². The van der Waals surface area contributed by atoms with E-state index in [-0.39, 0.29) is 6.04 Å². The van der Waals surface area contributed by atoms with E-state index in [0.29, 0.717) is 5.69 Å². The molecule has 0 saturated carbocycles. The van der Waals surface area contributed by atoms with Crippen LogP contribution < -0.4 is 14.4 Å². The molecule has 0 aromatic heterocycles. The summed E-state index contributed by atoms with van der Waals surface area (Å²) in [5.74, 6) is 0.814. The lowest BCUT2D eigenvalue weighted by atomic mass is 9.97. The normalized spacial score (nSPS) is 16.3. The largest absolute Gasteiger partial charge is 0.371 e. The molecule has 2 aromatic rings. The third-order valence-electron chi connectivity index (χ3n) is 5.60. The average Bonchev–Trinajstić information content (AvgIpc) is 2.73. The van der Waals surface area contributed by atoms with E-state index < -0.39 is 0 Å². The SMILES string of the molecule is CC1CCN(c2ccccc2C(C)N(S)c2ccc(N(O)N(C)C)cc2)CC1. The van der Waals surface area contributed by atoms with Crippen molar-refractivity contribution >= 4 is 29.9 Å². The van der Waals surface area contributed by atoms with Crippen LogP contribution in [0.15, 0.2) is 48.5 Å². The average molecular weight is 401 g/mol. The number of benzene rings is 2. The van der Waals surface area contributed by atoms with Gasteiger partial charge in [0.2, 0.25) is 0 Å². The van der Waals surface area contributed by atoms with Gasteiger partial charge in [-0.2, -0.15) is 5.17 Å². The summed E-state index contributed by atoms with van der Waals surface area (Å²) in [5, 5.41) is 12.8. The monoisotopic (exact) mass is 400 g/mol. The van der Waals surface area contributed by atoms with Gasteiger partial charge >= 0.3 is 0 Å². The lowest BCUT2D eigenvalue weighted by molar-refractivity contribution is 0.110. The summed E-state index contributed by atoms with van der Waals surface area (Å²) >= 11 is 4.81. The molecule has 28 heavy (non-hydrogen) atoms. The Kier molecular flexibility index (Phi) is 6.75. The van der Waals surface area contributed by atoms with Crippen molar-refractivity contribution in [1.82, 2.24) is 5.01 Å². The van der Waals surface area contributed by atoms with Crippen LogP contribution in [0.4, 0.5) is 17.1 Å². The Labute approximate surface area is 174 Å². The van der Waals surface area contributed by atoms with Crippen LogP contribution in [0, 0.1) is 5.92 Å². The Hall–Kier alpha value is -1.89. The zero-order valence-corrected chi connectivity index (χ0v) is 18.2. The first kappa shape index (κ1) is 20.8. The fourth-order valence-corrected chi connectivity index (χ4v) is 3.96. The maximum Gasteiger partial charge on any atom is 0.0824 e. The zero-order valence-electron chi connectivity index (χ0n) is 17.3. The molecule has 152 valence electrons. The number of para-hydroxylation sites is 1. The highest BCUT2D eigenvalue weighted by atomic mass is 32.1. The van der Waals surface area contributed by atoms with Gasteiger partial charge in [-0.1, -0.05) is 37.9 Å². The summed E-state index contributed by atoms with van der Waals surface area (Å²) in [5.41, 5.74) is 4.31. The molecule has 2 aromatic carbocycles. The summed E-state index contributed by atoms with van der Waals surface area (Å²) in [6.07, 6.45) is 2.50. The molecule has 0 bridgehead atoms. The van der Waals surface area contributed by atoms with Gasteiger partial charge in [-0.05, 0) is 61.6 Å². The van der Waals surface area contributed by atoms with Crippen molar-refractivity contribution in [3.63, 3.8) is 0 Å². The van der Waals surface area contributed by atoms with Gasteiger partial charge in [0.25, 0.3) is 0 Å². The second-order valence-corrected chi connectivity index (χ2v) is 8.33. The summed E-state index contributed by atoms with van der Waals surface area (Å²) < 4.78 is 1.99. The van der Waals surface area contributed by atoms with Crippen molar-refractivity contribution in [2.45, 2.75) is 32.7 Å². The van der Waals surface area contributed by atoms with Gasteiger partial charge in [-0.25, -0.2) is 5.01 Å². The molecule has 0 amide bonds. The smallest absolute Gasteiger partial charge is 0.0824 e. The molecule has 1 unspecified atom stereocenters.